The third-order valence-corrected chi connectivity index (χ3v) is 4.15. The summed E-state index contributed by atoms with van der Waals surface area (Å²) in [5.41, 5.74) is 7.91. The number of fused-ring (bicyclic) bond motifs is 1. The highest BCUT2D eigenvalue weighted by atomic mass is 32.1. The molecule has 18 heavy (non-hydrogen) atoms. The van der Waals surface area contributed by atoms with E-state index in [4.69, 9.17) is 10.5 Å². The van der Waals surface area contributed by atoms with Gasteiger partial charge in [0.2, 0.25) is 5.88 Å². The van der Waals surface area contributed by atoms with Crippen molar-refractivity contribution in [2.75, 3.05) is 24.3 Å². The average molecular weight is 262 g/mol. The van der Waals surface area contributed by atoms with Crippen molar-refractivity contribution in [3.05, 3.63) is 28.2 Å². The van der Waals surface area contributed by atoms with Crippen LogP contribution in [0.3, 0.4) is 0 Å². The minimum absolute atomic E-state index is 0.441. The molecule has 0 radical (unpaired) electrons. The minimum Gasteiger partial charge on any atom is -0.479 e. The van der Waals surface area contributed by atoms with Crippen LogP contribution in [-0.2, 0) is 13.0 Å². The zero-order valence-electron chi connectivity index (χ0n) is 10.1. The van der Waals surface area contributed by atoms with E-state index in [0.717, 1.165) is 25.3 Å². The maximum Gasteiger partial charge on any atom is 0.242 e. The van der Waals surface area contributed by atoms with Crippen LogP contribution in [0.1, 0.15) is 10.4 Å². The standard InChI is InChI=1S/C12H14N4OS/c1-17-12-10(13)11(14-7-15-12)16-4-2-9-8(6-16)3-5-18-9/h3,5,7H,2,4,6,13H2,1H3. The Labute approximate surface area is 109 Å². The molecule has 2 aromatic rings. The van der Waals surface area contributed by atoms with Crippen LogP contribution in [0, 0.1) is 0 Å². The Balaban J connectivity index is 1.93. The van der Waals surface area contributed by atoms with Gasteiger partial charge in [0, 0.05) is 18.0 Å². The fourth-order valence-electron chi connectivity index (χ4n) is 2.21. The van der Waals surface area contributed by atoms with Gasteiger partial charge < -0.3 is 15.4 Å². The fourth-order valence-corrected chi connectivity index (χ4v) is 3.10. The van der Waals surface area contributed by atoms with Crippen LogP contribution in [0.4, 0.5) is 11.5 Å². The summed E-state index contributed by atoms with van der Waals surface area (Å²) >= 11 is 1.82. The molecule has 5 nitrogen and oxygen atoms in total. The van der Waals surface area contributed by atoms with E-state index in [1.165, 1.54) is 16.8 Å². The Morgan fingerprint density at radius 1 is 1.44 bits per heavy atom. The first-order valence-electron chi connectivity index (χ1n) is 5.74. The van der Waals surface area contributed by atoms with E-state index in [2.05, 4.69) is 26.3 Å². The van der Waals surface area contributed by atoms with Gasteiger partial charge in [0.25, 0.3) is 0 Å². The maximum atomic E-state index is 6.03. The Kier molecular flexibility index (Phi) is 2.79. The molecule has 2 N–H and O–H groups in total. The van der Waals surface area contributed by atoms with E-state index in [-0.39, 0.29) is 0 Å². The molecular weight excluding hydrogens is 248 g/mol. The molecule has 1 aliphatic rings. The molecule has 6 heteroatoms. The number of methoxy groups -OCH3 is 1. The highest BCUT2D eigenvalue weighted by Crippen LogP contribution is 2.32. The second-order valence-electron chi connectivity index (χ2n) is 4.16. The van der Waals surface area contributed by atoms with Crippen LogP contribution in [0.15, 0.2) is 17.8 Å². The van der Waals surface area contributed by atoms with Gasteiger partial charge in [-0.2, -0.15) is 4.98 Å². The average Bonchev–Trinajstić information content (AvgIpc) is 2.86. The lowest BCUT2D eigenvalue weighted by atomic mass is 10.1. The summed E-state index contributed by atoms with van der Waals surface area (Å²) in [4.78, 5) is 11.9. The van der Waals surface area contributed by atoms with Gasteiger partial charge in [-0.3, -0.25) is 0 Å². The number of nitrogens with two attached hydrogens (primary N) is 1. The Morgan fingerprint density at radius 3 is 3.17 bits per heavy atom. The quantitative estimate of drug-likeness (QED) is 0.892. The molecule has 0 aliphatic carbocycles. The molecule has 0 spiro atoms. The predicted octanol–water partition coefficient (Wildman–Crippen LogP) is 1.69. The lowest BCUT2D eigenvalue weighted by molar-refractivity contribution is 0.399. The van der Waals surface area contributed by atoms with E-state index in [1.54, 1.807) is 7.11 Å². The van der Waals surface area contributed by atoms with Crippen molar-refractivity contribution in [2.24, 2.45) is 0 Å². The molecule has 3 heterocycles. The van der Waals surface area contributed by atoms with Crippen LogP contribution in [0.5, 0.6) is 5.88 Å². The molecule has 1 aliphatic heterocycles. The van der Waals surface area contributed by atoms with Crippen molar-refractivity contribution >= 4 is 22.8 Å². The number of nitrogen functional groups attached to an aromatic ring is 1. The second kappa shape index (κ2) is 4.45. The number of hydrogen-bond acceptors (Lipinski definition) is 6. The first kappa shape index (κ1) is 11.3. The molecule has 0 aromatic carbocycles. The van der Waals surface area contributed by atoms with E-state index < -0.39 is 0 Å². The second-order valence-corrected chi connectivity index (χ2v) is 5.16. The van der Waals surface area contributed by atoms with Crippen LogP contribution in [0.2, 0.25) is 0 Å². The lowest BCUT2D eigenvalue weighted by Gasteiger charge is -2.28. The van der Waals surface area contributed by atoms with Crippen LogP contribution < -0.4 is 15.4 Å². The molecule has 0 unspecified atom stereocenters. The summed E-state index contributed by atoms with van der Waals surface area (Å²) in [5.74, 6) is 1.20. The lowest BCUT2D eigenvalue weighted by Crippen LogP contribution is -2.31. The van der Waals surface area contributed by atoms with E-state index in [1.807, 2.05) is 11.3 Å². The van der Waals surface area contributed by atoms with E-state index in [0.29, 0.717) is 11.6 Å². The summed E-state index contributed by atoms with van der Waals surface area (Å²) in [6, 6.07) is 2.17. The molecule has 0 amide bonds. The maximum absolute atomic E-state index is 6.03. The van der Waals surface area contributed by atoms with Gasteiger partial charge in [-0.05, 0) is 23.4 Å². The van der Waals surface area contributed by atoms with Crippen molar-refractivity contribution in [2.45, 2.75) is 13.0 Å². The Hall–Kier alpha value is -1.82. The Morgan fingerprint density at radius 2 is 2.33 bits per heavy atom. The normalized spacial score (nSPS) is 14.4. The number of ether oxygens (including phenoxy) is 1. The summed E-state index contributed by atoms with van der Waals surface area (Å²) < 4.78 is 5.13. The highest BCUT2D eigenvalue weighted by molar-refractivity contribution is 7.10. The molecular formula is C12H14N4OS. The van der Waals surface area contributed by atoms with Crippen LogP contribution >= 0.6 is 11.3 Å². The van der Waals surface area contributed by atoms with Crippen LogP contribution in [-0.4, -0.2) is 23.6 Å². The zero-order chi connectivity index (χ0) is 12.5. The summed E-state index contributed by atoms with van der Waals surface area (Å²) in [5, 5.41) is 2.14. The van der Waals surface area contributed by atoms with Gasteiger partial charge in [0.05, 0.1) is 7.11 Å². The van der Waals surface area contributed by atoms with Crippen molar-refractivity contribution in [3.63, 3.8) is 0 Å². The van der Waals surface area contributed by atoms with Gasteiger partial charge in [0.1, 0.15) is 12.0 Å². The number of anilines is 2. The number of nitrogens with zero attached hydrogens (tertiary/aromatic N) is 3. The highest BCUT2D eigenvalue weighted by Gasteiger charge is 2.21. The first-order chi connectivity index (χ1) is 8.79. The molecule has 3 rings (SSSR count). The summed E-state index contributed by atoms with van der Waals surface area (Å²) in [6.45, 7) is 1.78. The van der Waals surface area contributed by atoms with Crippen molar-refractivity contribution in [1.82, 2.24) is 9.97 Å². The summed E-state index contributed by atoms with van der Waals surface area (Å²) in [7, 11) is 1.57. The van der Waals surface area contributed by atoms with Crippen molar-refractivity contribution < 1.29 is 4.74 Å². The van der Waals surface area contributed by atoms with Gasteiger partial charge in [-0.15, -0.1) is 11.3 Å². The number of hydrogen-bond donors (Lipinski definition) is 1. The molecule has 0 bridgehead atoms. The molecule has 2 aromatic heterocycles. The number of aromatic nitrogens is 2. The third kappa shape index (κ3) is 1.78. The molecule has 94 valence electrons. The largest absolute Gasteiger partial charge is 0.479 e. The number of thiophene rings is 1. The molecule has 0 atom stereocenters. The van der Waals surface area contributed by atoms with Crippen molar-refractivity contribution in [3.8, 4) is 5.88 Å². The van der Waals surface area contributed by atoms with E-state index >= 15 is 0 Å². The topological polar surface area (TPSA) is 64.3 Å². The zero-order valence-corrected chi connectivity index (χ0v) is 10.9. The number of rotatable bonds is 2. The Bertz CT molecular complexity index is 569. The summed E-state index contributed by atoms with van der Waals surface area (Å²) in [6.07, 6.45) is 2.53. The van der Waals surface area contributed by atoms with Crippen LogP contribution in [0.25, 0.3) is 0 Å². The van der Waals surface area contributed by atoms with Gasteiger partial charge in [-0.1, -0.05) is 0 Å². The van der Waals surface area contributed by atoms with Crippen molar-refractivity contribution in [1.29, 1.82) is 0 Å². The smallest absolute Gasteiger partial charge is 0.242 e. The molecule has 0 saturated carbocycles. The van der Waals surface area contributed by atoms with E-state index in [9.17, 15) is 0 Å². The third-order valence-electron chi connectivity index (χ3n) is 3.13. The SMILES string of the molecule is COc1ncnc(N2CCc3sccc3C2)c1N. The minimum atomic E-state index is 0.441. The molecule has 0 fully saturated rings. The first-order valence-corrected chi connectivity index (χ1v) is 6.62. The van der Waals surface area contributed by atoms with Gasteiger partial charge >= 0.3 is 0 Å². The van der Waals surface area contributed by atoms with Gasteiger partial charge in [0.15, 0.2) is 5.82 Å². The van der Waals surface area contributed by atoms with Gasteiger partial charge in [-0.25, -0.2) is 4.98 Å². The monoisotopic (exact) mass is 262 g/mol. The predicted molar refractivity (Wildman–Crippen MR) is 72.1 cm³/mol. The fraction of sp³-hybridized carbons (Fsp3) is 0.333. The molecule has 0 saturated heterocycles.